The van der Waals surface area contributed by atoms with E-state index in [-0.39, 0.29) is 11.7 Å². The Morgan fingerprint density at radius 1 is 1.28 bits per heavy atom. The van der Waals surface area contributed by atoms with Gasteiger partial charge in [0.1, 0.15) is 11.3 Å². The molecule has 3 aromatic rings. The van der Waals surface area contributed by atoms with Crippen LogP contribution in [0.25, 0.3) is 11.0 Å². The number of benzene rings is 2. The fourth-order valence-corrected chi connectivity index (χ4v) is 3.33. The van der Waals surface area contributed by atoms with Gasteiger partial charge in [-0.1, -0.05) is 23.4 Å². The molecule has 0 spiro atoms. The Balaban J connectivity index is 1.48. The van der Waals surface area contributed by atoms with Gasteiger partial charge in [0.25, 0.3) is 5.91 Å². The van der Waals surface area contributed by atoms with Crippen LogP contribution in [0, 0.1) is 5.82 Å². The molecule has 0 atom stereocenters. The predicted octanol–water partition coefficient (Wildman–Crippen LogP) is 3.25. The summed E-state index contributed by atoms with van der Waals surface area (Å²) in [7, 11) is 0. The Morgan fingerprint density at radius 3 is 2.92 bits per heavy atom. The smallest absolute Gasteiger partial charge is 0.251 e. The summed E-state index contributed by atoms with van der Waals surface area (Å²) in [5.41, 5.74) is 2.88. The lowest BCUT2D eigenvalue weighted by atomic mass is 10.2. The number of thioether (sulfide) groups is 1. The van der Waals surface area contributed by atoms with E-state index >= 15 is 0 Å². The molecule has 0 bridgehead atoms. The van der Waals surface area contributed by atoms with Crippen molar-refractivity contribution in [2.24, 2.45) is 0 Å². The van der Waals surface area contributed by atoms with E-state index in [1.54, 1.807) is 40.7 Å². The van der Waals surface area contributed by atoms with Crippen molar-refractivity contribution in [3.05, 3.63) is 59.4 Å². The number of aryl methyl sites for hydroxylation is 1. The second-order valence-electron chi connectivity index (χ2n) is 5.51. The summed E-state index contributed by atoms with van der Waals surface area (Å²) in [6.45, 7) is 3.26. The molecule has 0 saturated heterocycles. The highest BCUT2D eigenvalue weighted by molar-refractivity contribution is 7.98. The summed E-state index contributed by atoms with van der Waals surface area (Å²) < 4.78 is 15.3. The second-order valence-corrected chi connectivity index (χ2v) is 6.61. The lowest BCUT2D eigenvalue weighted by Crippen LogP contribution is -2.25. The molecular weight excluding hydrogens is 339 g/mol. The summed E-state index contributed by atoms with van der Waals surface area (Å²) >= 11 is 1.59. The molecule has 1 N–H and O–H groups in total. The van der Waals surface area contributed by atoms with E-state index < -0.39 is 0 Å². The zero-order chi connectivity index (χ0) is 17.6. The van der Waals surface area contributed by atoms with E-state index in [4.69, 9.17) is 0 Å². The van der Waals surface area contributed by atoms with Gasteiger partial charge in [-0.05, 0) is 36.8 Å². The predicted molar refractivity (Wildman–Crippen MR) is 98.1 cm³/mol. The average Bonchev–Trinajstić information content (AvgIpc) is 3.05. The number of fused-ring (bicyclic) bond motifs is 1. The number of hydrogen-bond donors (Lipinski definition) is 1. The zero-order valence-electron chi connectivity index (χ0n) is 13.9. The highest BCUT2D eigenvalue weighted by atomic mass is 32.2. The third kappa shape index (κ3) is 4.17. The molecule has 1 amide bonds. The van der Waals surface area contributed by atoms with Crippen molar-refractivity contribution in [1.82, 2.24) is 20.3 Å². The number of amides is 1. The average molecular weight is 358 g/mol. The molecule has 0 aliphatic heterocycles. The molecule has 0 radical (unpaired) electrons. The first kappa shape index (κ1) is 17.4. The first-order valence-electron chi connectivity index (χ1n) is 8.11. The maximum Gasteiger partial charge on any atom is 0.251 e. The number of nitrogens with one attached hydrogen (secondary N) is 1. The molecule has 0 saturated carbocycles. The first-order chi connectivity index (χ1) is 12.2. The van der Waals surface area contributed by atoms with E-state index in [2.05, 4.69) is 15.6 Å². The van der Waals surface area contributed by atoms with Crippen LogP contribution in [-0.4, -0.2) is 33.2 Å². The molecule has 3 rings (SSSR count). The number of rotatable bonds is 7. The minimum Gasteiger partial charge on any atom is -0.351 e. The Labute approximate surface area is 149 Å². The van der Waals surface area contributed by atoms with Crippen molar-refractivity contribution >= 4 is 28.7 Å². The number of carbonyl (C=O) groups is 1. The number of hydrogen-bond acceptors (Lipinski definition) is 4. The largest absolute Gasteiger partial charge is 0.351 e. The Morgan fingerprint density at radius 2 is 2.12 bits per heavy atom. The van der Waals surface area contributed by atoms with Gasteiger partial charge < -0.3 is 5.32 Å². The number of carbonyl (C=O) groups excluding carboxylic acids is 1. The van der Waals surface area contributed by atoms with Gasteiger partial charge in [-0.2, -0.15) is 11.8 Å². The molecule has 0 fully saturated rings. The third-order valence-electron chi connectivity index (χ3n) is 3.82. The van der Waals surface area contributed by atoms with Gasteiger partial charge in [0.05, 0.1) is 5.52 Å². The van der Waals surface area contributed by atoms with Crippen LogP contribution in [0.3, 0.4) is 0 Å². The third-order valence-corrected chi connectivity index (χ3v) is 4.83. The molecule has 0 aliphatic carbocycles. The van der Waals surface area contributed by atoms with E-state index in [1.165, 1.54) is 6.07 Å². The SMILES string of the molecule is CCn1nnc2cc(C(=O)NCCSCc3ccccc3F)ccc21. The lowest BCUT2D eigenvalue weighted by molar-refractivity contribution is 0.0956. The fraction of sp³-hybridized carbons (Fsp3) is 0.278. The van der Waals surface area contributed by atoms with Crippen LogP contribution in [0.5, 0.6) is 0 Å². The number of nitrogens with zero attached hydrogens (tertiary/aromatic N) is 3. The van der Waals surface area contributed by atoms with Crippen molar-refractivity contribution < 1.29 is 9.18 Å². The summed E-state index contributed by atoms with van der Waals surface area (Å²) in [5.74, 6) is 0.982. The molecule has 0 unspecified atom stereocenters. The zero-order valence-corrected chi connectivity index (χ0v) is 14.7. The second kappa shape index (κ2) is 8.11. The lowest BCUT2D eigenvalue weighted by Gasteiger charge is -2.06. The number of halogens is 1. The normalized spacial score (nSPS) is 11.0. The fourth-order valence-electron chi connectivity index (χ4n) is 2.48. The van der Waals surface area contributed by atoms with Gasteiger partial charge in [0, 0.05) is 30.2 Å². The molecular formula is C18H19FN4OS. The van der Waals surface area contributed by atoms with Crippen molar-refractivity contribution in [3.8, 4) is 0 Å². The van der Waals surface area contributed by atoms with Crippen molar-refractivity contribution in [3.63, 3.8) is 0 Å². The van der Waals surface area contributed by atoms with E-state index in [0.29, 0.717) is 34.7 Å². The molecule has 5 nitrogen and oxygen atoms in total. The van der Waals surface area contributed by atoms with Gasteiger partial charge >= 0.3 is 0 Å². The molecule has 1 heterocycles. The van der Waals surface area contributed by atoms with E-state index in [0.717, 1.165) is 12.1 Å². The Hall–Kier alpha value is -2.41. The van der Waals surface area contributed by atoms with Crippen LogP contribution in [0.15, 0.2) is 42.5 Å². The Bertz CT molecular complexity index is 880. The molecule has 130 valence electrons. The maximum atomic E-state index is 13.5. The van der Waals surface area contributed by atoms with Crippen LogP contribution in [0.1, 0.15) is 22.8 Å². The highest BCUT2D eigenvalue weighted by Gasteiger charge is 2.09. The summed E-state index contributed by atoms with van der Waals surface area (Å²) in [4.78, 5) is 12.2. The van der Waals surface area contributed by atoms with Crippen LogP contribution >= 0.6 is 11.8 Å². The van der Waals surface area contributed by atoms with Crippen LogP contribution in [-0.2, 0) is 12.3 Å². The molecule has 7 heteroatoms. The van der Waals surface area contributed by atoms with Gasteiger partial charge in [-0.15, -0.1) is 5.10 Å². The van der Waals surface area contributed by atoms with Crippen molar-refractivity contribution in [2.75, 3.05) is 12.3 Å². The molecule has 1 aromatic heterocycles. The van der Waals surface area contributed by atoms with Crippen LogP contribution < -0.4 is 5.32 Å². The van der Waals surface area contributed by atoms with Crippen molar-refractivity contribution in [1.29, 1.82) is 0 Å². The van der Waals surface area contributed by atoms with Crippen molar-refractivity contribution in [2.45, 2.75) is 19.2 Å². The first-order valence-corrected chi connectivity index (χ1v) is 9.27. The van der Waals surface area contributed by atoms with Gasteiger partial charge in [-0.3, -0.25) is 4.79 Å². The standard InChI is InChI=1S/C18H19FN4OS/c1-2-23-17-8-7-13(11-16(17)21-22-23)18(24)20-9-10-25-12-14-5-3-4-6-15(14)19/h3-8,11H,2,9-10,12H2,1H3,(H,20,24). The summed E-state index contributed by atoms with van der Waals surface area (Å²) in [6, 6.07) is 12.1. The van der Waals surface area contributed by atoms with Crippen LogP contribution in [0.2, 0.25) is 0 Å². The maximum absolute atomic E-state index is 13.5. The number of aromatic nitrogens is 3. The summed E-state index contributed by atoms with van der Waals surface area (Å²) in [6.07, 6.45) is 0. The minimum absolute atomic E-state index is 0.139. The molecule has 25 heavy (non-hydrogen) atoms. The monoisotopic (exact) mass is 358 g/mol. The van der Waals surface area contributed by atoms with Gasteiger partial charge in [-0.25, -0.2) is 9.07 Å². The van der Waals surface area contributed by atoms with E-state index in [9.17, 15) is 9.18 Å². The Kier molecular flexibility index (Phi) is 5.65. The minimum atomic E-state index is -0.188. The van der Waals surface area contributed by atoms with E-state index in [1.807, 2.05) is 19.1 Å². The topological polar surface area (TPSA) is 59.8 Å². The van der Waals surface area contributed by atoms with Gasteiger partial charge in [0.15, 0.2) is 0 Å². The molecule has 2 aromatic carbocycles. The highest BCUT2D eigenvalue weighted by Crippen LogP contribution is 2.15. The van der Waals surface area contributed by atoms with Crippen LogP contribution in [0.4, 0.5) is 4.39 Å². The quantitative estimate of drug-likeness (QED) is 0.659. The van der Waals surface area contributed by atoms with Gasteiger partial charge in [0.2, 0.25) is 0 Å². The molecule has 0 aliphatic rings. The summed E-state index contributed by atoms with van der Waals surface area (Å²) in [5, 5.41) is 11.0.